The number of aromatic nitrogens is 4. The molecule has 0 unspecified atom stereocenters. The van der Waals surface area contributed by atoms with Gasteiger partial charge in [-0.2, -0.15) is 10.1 Å². The number of likely N-dealkylation sites (tertiary alicyclic amines) is 1. The van der Waals surface area contributed by atoms with E-state index in [9.17, 15) is 0 Å². The number of piperidine rings is 1. The van der Waals surface area contributed by atoms with Gasteiger partial charge in [-0.1, -0.05) is 5.16 Å². The summed E-state index contributed by atoms with van der Waals surface area (Å²) >= 11 is 0. The van der Waals surface area contributed by atoms with E-state index < -0.39 is 0 Å². The van der Waals surface area contributed by atoms with Crippen LogP contribution in [-0.2, 0) is 13.1 Å². The summed E-state index contributed by atoms with van der Waals surface area (Å²) < 4.78 is 5.34. The van der Waals surface area contributed by atoms with Crippen molar-refractivity contribution in [3.63, 3.8) is 0 Å². The van der Waals surface area contributed by atoms with Gasteiger partial charge in [0.05, 0.1) is 6.54 Å². The summed E-state index contributed by atoms with van der Waals surface area (Å²) in [4.78, 5) is 6.94. The maximum absolute atomic E-state index is 5.34. The molecule has 2 aliphatic rings. The third-order valence-electron chi connectivity index (χ3n) is 4.42. The van der Waals surface area contributed by atoms with Crippen LogP contribution >= 0.6 is 0 Å². The fraction of sp³-hybridized carbons (Fsp3) is 0.667. The minimum absolute atomic E-state index is 0.506. The lowest BCUT2D eigenvalue weighted by molar-refractivity contribution is 0.177. The first-order valence-electron chi connectivity index (χ1n) is 8.13. The van der Waals surface area contributed by atoms with E-state index in [-0.39, 0.29) is 0 Å². The molecule has 1 saturated carbocycles. The molecule has 1 atom stereocenters. The Morgan fingerprint density at radius 1 is 1.36 bits per heavy atom. The number of rotatable bonds is 6. The Bertz CT molecular complexity index is 591. The van der Waals surface area contributed by atoms with Gasteiger partial charge in [0.2, 0.25) is 5.89 Å². The first kappa shape index (κ1) is 13.9. The highest BCUT2D eigenvalue weighted by Gasteiger charge is 2.30. The van der Waals surface area contributed by atoms with Crippen molar-refractivity contribution in [1.82, 2.24) is 30.6 Å². The van der Waals surface area contributed by atoms with Crippen molar-refractivity contribution >= 4 is 0 Å². The zero-order valence-electron chi connectivity index (χ0n) is 12.7. The molecule has 4 rings (SSSR count). The van der Waals surface area contributed by atoms with Gasteiger partial charge in [-0.05, 0) is 38.3 Å². The molecule has 2 fully saturated rings. The zero-order chi connectivity index (χ0) is 14.8. The summed E-state index contributed by atoms with van der Waals surface area (Å²) in [5, 5.41) is 14.7. The summed E-state index contributed by atoms with van der Waals surface area (Å²) in [6.07, 6.45) is 6.60. The van der Waals surface area contributed by atoms with Crippen LogP contribution < -0.4 is 5.32 Å². The van der Waals surface area contributed by atoms with E-state index in [1.165, 1.54) is 25.7 Å². The molecule has 2 aromatic rings. The molecular formula is C15H22N6O. The Labute approximate surface area is 129 Å². The SMILES string of the molecule is c1cc(CN[C@@H]2CCCN(Cc3noc(C4CC4)n3)C2)[nH]n1. The lowest BCUT2D eigenvalue weighted by atomic mass is 10.1. The van der Waals surface area contributed by atoms with Crippen molar-refractivity contribution in [3.05, 3.63) is 29.7 Å². The number of nitrogens with one attached hydrogen (secondary N) is 2. The predicted molar refractivity (Wildman–Crippen MR) is 80.0 cm³/mol. The van der Waals surface area contributed by atoms with Gasteiger partial charge < -0.3 is 9.84 Å². The van der Waals surface area contributed by atoms with Crippen molar-refractivity contribution in [2.75, 3.05) is 13.1 Å². The van der Waals surface area contributed by atoms with Crippen LogP contribution in [-0.4, -0.2) is 44.4 Å². The third-order valence-corrected chi connectivity index (χ3v) is 4.42. The fourth-order valence-corrected chi connectivity index (χ4v) is 3.03. The molecule has 1 aliphatic carbocycles. The van der Waals surface area contributed by atoms with Gasteiger partial charge in [-0.3, -0.25) is 10.00 Å². The van der Waals surface area contributed by atoms with Crippen molar-refractivity contribution in [2.24, 2.45) is 0 Å². The molecule has 118 valence electrons. The van der Waals surface area contributed by atoms with Gasteiger partial charge in [-0.15, -0.1) is 0 Å². The van der Waals surface area contributed by atoms with Gasteiger partial charge in [0.25, 0.3) is 0 Å². The number of H-pyrrole nitrogens is 1. The Balaban J connectivity index is 1.28. The maximum Gasteiger partial charge on any atom is 0.229 e. The summed E-state index contributed by atoms with van der Waals surface area (Å²) in [7, 11) is 0. The Kier molecular flexibility index (Phi) is 3.90. The average Bonchev–Trinajstić information content (AvgIpc) is 3.06. The minimum atomic E-state index is 0.506. The average molecular weight is 302 g/mol. The molecule has 7 nitrogen and oxygen atoms in total. The molecule has 3 heterocycles. The molecular weight excluding hydrogens is 280 g/mol. The molecule has 1 aliphatic heterocycles. The molecule has 0 bridgehead atoms. The Morgan fingerprint density at radius 2 is 2.32 bits per heavy atom. The molecule has 22 heavy (non-hydrogen) atoms. The molecule has 2 N–H and O–H groups in total. The lowest BCUT2D eigenvalue weighted by Crippen LogP contribution is -2.45. The van der Waals surface area contributed by atoms with Crippen molar-refractivity contribution < 1.29 is 4.52 Å². The maximum atomic E-state index is 5.34. The van der Waals surface area contributed by atoms with E-state index in [1.807, 2.05) is 6.07 Å². The van der Waals surface area contributed by atoms with Crippen molar-refractivity contribution in [1.29, 1.82) is 0 Å². The molecule has 1 saturated heterocycles. The zero-order valence-corrected chi connectivity index (χ0v) is 12.7. The monoisotopic (exact) mass is 302 g/mol. The standard InChI is InChI=1S/C15H22N6O/c1-2-13(16-8-12-5-6-17-19-12)9-21(7-1)10-14-18-15(22-20-14)11-3-4-11/h5-6,11,13,16H,1-4,7-10H2,(H,17,19)/t13-/m1/s1. The van der Waals surface area contributed by atoms with Gasteiger partial charge in [-0.25, -0.2) is 0 Å². The first-order chi connectivity index (χ1) is 10.9. The quantitative estimate of drug-likeness (QED) is 0.840. The second kappa shape index (κ2) is 6.18. The number of aromatic amines is 1. The smallest absolute Gasteiger partial charge is 0.229 e. The molecule has 0 aromatic carbocycles. The number of hydrogen-bond acceptors (Lipinski definition) is 6. The van der Waals surface area contributed by atoms with E-state index >= 15 is 0 Å². The van der Waals surface area contributed by atoms with Crippen LogP contribution in [0.1, 0.15) is 49.0 Å². The summed E-state index contributed by atoms with van der Waals surface area (Å²) in [5.74, 6) is 2.20. The van der Waals surface area contributed by atoms with E-state index in [1.54, 1.807) is 6.20 Å². The highest BCUT2D eigenvalue weighted by Crippen LogP contribution is 2.38. The van der Waals surface area contributed by atoms with Crippen LogP contribution in [0.2, 0.25) is 0 Å². The van der Waals surface area contributed by atoms with Gasteiger partial charge >= 0.3 is 0 Å². The van der Waals surface area contributed by atoms with E-state index in [4.69, 9.17) is 4.52 Å². The van der Waals surface area contributed by atoms with Crippen LogP contribution in [0.25, 0.3) is 0 Å². The number of nitrogens with zero attached hydrogens (tertiary/aromatic N) is 4. The third kappa shape index (κ3) is 3.36. The van der Waals surface area contributed by atoms with E-state index in [2.05, 4.69) is 30.6 Å². The normalized spacial score (nSPS) is 23.0. The van der Waals surface area contributed by atoms with E-state index in [0.717, 1.165) is 43.6 Å². The lowest BCUT2D eigenvalue weighted by Gasteiger charge is -2.32. The Morgan fingerprint density at radius 3 is 3.14 bits per heavy atom. The molecule has 2 aromatic heterocycles. The largest absolute Gasteiger partial charge is 0.339 e. The van der Waals surface area contributed by atoms with Gasteiger partial charge in [0, 0.05) is 36.9 Å². The highest BCUT2D eigenvalue weighted by molar-refractivity contribution is 5.02. The van der Waals surface area contributed by atoms with Gasteiger partial charge in [0.1, 0.15) is 0 Å². The van der Waals surface area contributed by atoms with Crippen LogP contribution in [0, 0.1) is 0 Å². The molecule has 0 spiro atoms. The minimum Gasteiger partial charge on any atom is -0.339 e. The van der Waals surface area contributed by atoms with Crippen LogP contribution in [0.15, 0.2) is 16.8 Å². The molecule has 7 heteroatoms. The number of hydrogen-bond donors (Lipinski definition) is 2. The van der Waals surface area contributed by atoms with Gasteiger partial charge in [0.15, 0.2) is 5.82 Å². The predicted octanol–water partition coefficient (Wildman–Crippen LogP) is 1.42. The van der Waals surface area contributed by atoms with Crippen LogP contribution in [0.3, 0.4) is 0 Å². The fourth-order valence-electron chi connectivity index (χ4n) is 3.03. The Hall–Kier alpha value is -1.73. The summed E-state index contributed by atoms with van der Waals surface area (Å²) in [6, 6.07) is 2.51. The van der Waals surface area contributed by atoms with E-state index in [0.29, 0.717) is 12.0 Å². The summed E-state index contributed by atoms with van der Waals surface area (Å²) in [5.41, 5.74) is 1.13. The molecule has 0 amide bonds. The first-order valence-corrected chi connectivity index (χ1v) is 8.13. The molecule has 0 radical (unpaired) electrons. The van der Waals surface area contributed by atoms with Crippen molar-refractivity contribution in [2.45, 2.75) is 50.7 Å². The highest BCUT2D eigenvalue weighted by atomic mass is 16.5. The van der Waals surface area contributed by atoms with Crippen LogP contribution in [0.4, 0.5) is 0 Å². The topological polar surface area (TPSA) is 82.9 Å². The summed E-state index contributed by atoms with van der Waals surface area (Å²) in [6.45, 7) is 3.77. The second-order valence-corrected chi connectivity index (χ2v) is 6.36. The second-order valence-electron chi connectivity index (χ2n) is 6.36. The van der Waals surface area contributed by atoms with Crippen LogP contribution in [0.5, 0.6) is 0 Å². The van der Waals surface area contributed by atoms with Crippen molar-refractivity contribution in [3.8, 4) is 0 Å².